The molecule has 1 aliphatic heterocycles. The number of hydrogen-bond acceptors (Lipinski definition) is 4. The Morgan fingerprint density at radius 2 is 1.59 bits per heavy atom. The molecular weight excluding hydrogens is 220 g/mol. The second-order valence-electron chi connectivity index (χ2n) is 5.32. The molecule has 0 radical (unpaired) electrons. The first-order valence-corrected chi connectivity index (χ1v) is 5.82. The van der Waals surface area contributed by atoms with Gasteiger partial charge in [-0.1, -0.05) is 0 Å². The van der Waals surface area contributed by atoms with E-state index in [-0.39, 0.29) is 30.6 Å². The molecule has 2 atom stereocenters. The summed E-state index contributed by atoms with van der Waals surface area (Å²) in [5.41, 5.74) is 10.5. The molecule has 0 aromatic carbocycles. The predicted octanol–water partition coefficient (Wildman–Crippen LogP) is -0.276. The van der Waals surface area contributed by atoms with E-state index < -0.39 is 5.54 Å². The highest BCUT2D eigenvalue weighted by molar-refractivity contribution is 6.06. The van der Waals surface area contributed by atoms with Crippen molar-refractivity contribution in [3.8, 4) is 0 Å². The van der Waals surface area contributed by atoms with Crippen LogP contribution in [0.25, 0.3) is 0 Å². The highest BCUT2D eigenvalue weighted by atomic mass is 16.2. The van der Waals surface area contributed by atoms with Crippen molar-refractivity contribution in [2.45, 2.75) is 45.3 Å². The van der Waals surface area contributed by atoms with Crippen LogP contribution in [0, 0.1) is 0 Å². The summed E-state index contributed by atoms with van der Waals surface area (Å²) in [6.07, 6.45) is 0. The third-order valence-corrected chi connectivity index (χ3v) is 2.85. The van der Waals surface area contributed by atoms with Crippen molar-refractivity contribution in [1.29, 1.82) is 0 Å². The molecule has 0 spiro atoms. The number of nitrogens with two attached hydrogens (primary N) is 2. The number of nitrogens with zero attached hydrogens (tertiary/aromatic N) is 2. The molecule has 98 valence electrons. The van der Waals surface area contributed by atoms with Crippen LogP contribution in [-0.2, 0) is 4.79 Å². The molecule has 1 saturated heterocycles. The van der Waals surface area contributed by atoms with Gasteiger partial charge in [-0.15, -0.1) is 0 Å². The lowest BCUT2D eigenvalue weighted by atomic mass is 10.0. The van der Waals surface area contributed by atoms with Gasteiger partial charge in [0.25, 0.3) is 5.91 Å². The molecular formula is C11H22N4O2. The summed E-state index contributed by atoms with van der Waals surface area (Å²) in [6.45, 7) is 7.65. The van der Waals surface area contributed by atoms with Gasteiger partial charge in [0.05, 0.1) is 0 Å². The quantitative estimate of drug-likeness (QED) is 0.663. The van der Waals surface area contributed by atoms with Crippen LogP contribution in [0.1, 0.15) is 27.7 Å². The minimum atomic E-state index is -0.834. The molecule has 17 heavy (non-hydrogen) atoms. The van der Waals surface area contributed by atoms with E-state index in [4.69, 9.17) is 11.5 Å². The minimum Gasteiger partial charge on any atom is -0.326 e. The van der Waals surface area contributed by atoms with Gasteiger partial charge in [-0.05, 0) is 27.7 Å². The highest BCUT2D eigenvalue weighted by Gasteiger charge is 2.51. The summed E-state index contributed by atoms with van der Waals surface area (Å²) in [5, 5.41) is 0. The van der Waals surface area contributed by atoms with Gasteiger partial charge < -0.3 is 16.4 Å². The van der Waals surface area contributed by atoms with Gasteiger partial charge in [-0.3, -0.25) is 9.69 Å². The van der Waals surface area contributed by atoms with E-state index in [2.05, 4.69) is 0 Å². The van der Waals surface area contributed by atoms with Crippen LogP contribution in [0.15, 0.2) is 0 Å². The van der Waals surface area contributed by atoms with E-state index in [0.717, 1.165) is 0 Å². The molecule has 6 heteroatoms. The van der Waals surface area contributed by atoms with Gasteiger partial charge >= 0.3 is 6.03 Å². The number of urea groups is 1. The maximum absolute atomic E-state index is 12.1. The van der Waals surface area contributed by atoms with Gasteiger partial charge in [0.1, 0.15) is 5.54 Å². The molecule has 4 N–H and O–H groups in total. The summed E-state index contributed by atoms with van der Waals surface area (Å²) in [6, 6.07) is -0.690. The van der Waals surface area contributed by atoms with Crippen molar-refractivity contribution in [2.75, 3.05) is 13.1 Å². The normalized spacial score (nSPS) is 23.2. The fraction of sp³-hybridized carbons (Fsp3) is 0.818. The molecule has 1 rings (SSSR count). The van der Waals surface area contributed by atoms with E-state index >= 15 is 0 Å². The van der Waals surface area contributed by atoms with Crippen molar-refractivity contribution in [2.24, 2.45) is 11.5 Å². The maximum atomic E-state index is 12.1. The molecule has 1 heterocycles. The number of rotatable bonds is 4. The standard InChI is InChI=1S/C11H22N4O2/c1-7(12)5-14-9(16)11(3,4)15(10(14)17)6-8(2)13/h7-8H,5-6,12-13H2,1-4H3. The van der Waals surface area contributed by atoms with Crippen molar-refractivity contribution >= 4 is 11.9 Å². The Balaban J connectivity index is 2.94. The molecule has 0 aliphatic carbocycles. The zero-order valence-electron chi connectivity index (χ0n) is 10.9. The van der Waals surface area contributed by atoms with Crippen molar-refractivity contribution in [1.82, 2.24) is 9.80 Å². The average Bonchev–Trinajstić information content (AvgIpc) is 2.31. The fourth-order valence-corrected chi connectivity index (χ4v) is 1.96. The molecule has 3 amide bonds. The van der Waals surface area contributed by atoms with Crippen molar-refractivity contribution in [3.05, 3.63) is 0 Å². The molecule has 1 aliphatic rings. The number of amides is 3. The Bertz CT molecular complexity index is 325. The molecule has 1 fully saturated rings. The van der Waals surface area contributed by atoms with Crippen molar-refractivity contribution < 1.29 is 9.59 Å². The van der Waals surface area contributed by atoms with Gasteiger partial charge in [0, 0.05) is 25.2 Å². The Kier molecular flexibility index (Phi) is 3.78. The van der Waals surface area contributed by atoms with E-state index in [1.807, 2.05) is 6.92 Å². The molecule has 0 bridgehead atoms. The first-order chi connectivity index (χ1) is 7.67. The van der Waals surface area contributed by atoms with Crippen LogP contribution < -0.4 is 11.5 Å². The average molecular weight is 242 g/mol. The molecule has 6 nitrogen and oxygen atoms in total. The van der Waals surface area contributed by atoms with Crippen molar-refractivity contribution in [3.63, 3.8) is 0 Å². The lowest BCUT2D eigenvalue weighted by Crippen LogP contribution is -2.48. The molecule has 0 aromatic rings. The topological polar surface area (TPSA) is 92.7 Å². The highest BCUT2D eigenvalue weighted by Crippen LogP contribution is 2.27. The zero-order valence-corrected chi connectivity index (χ0v) is 10.9. The summed E-state index contributed by atoms with van der Waals surface area (Å²) in [7, 11) is 0. The largest absolute Gasteiger partial charge is 0.327 e. The van der Waals surface area contributed by atoms with E-state index in [9.17, 15) is 9.59 Å². The van der Waals surface area contributed by atoms with Crippen LogP contribution in [0.5, 0.6) is 0 Å². The number of carbonyl (C=O) groups is 2. The minimum absolute atomic E-state index is 0.165. The lowest BCUT2D eigenvalue weighted by molar-refractivity contribution is -0.132. The SMILES string of the molecule is CC(N)CN1C(=O)N(CC(C)N)C(C)(C)C1=O. The second kappa shape index (κ2) is 4.62. The van der Waals surface area contributed by atoms with Crippen LogP contribution in [0.2, 0.25) is 0 Å². The smallest absolute Gasteiger partial charge is 0.326 e. The zero-order chi connectivity index (χ0) is 13.4. The third-order valence-electron chi connectivity index (χ3n) is 2.85. The molecule has 0 saturated carbocycles. The van der Waals surface area contributed by atoms with E-state index in [1.54, 1.807) is 20.8 Å². The summed E-state index contributed by atoms with van der Waals surface area (Å²) >= 11 is 0. The first-order valence-electron chi connectivity index (χ1n) is 5.82. The summed E-state index contributed by atoms with van der Waals surface area (Å²) < 4.78 is 0. The summed E-state index contributed by atoms with van der Waals surface area (Å²) in [4.78, 5) is 27.0. The van der Waals surface area contributed by atoms with Crippen LogP contribution in [0.4, 0.5) is 4.79 Å². The number of imide groups is 1. The Labute approximate surface area is 102 Å². The maximum Gasteiger partial charge on any atom is 0.327 e. The van der Waals surface area contributed by atoms with Crippen LogP contribution >= 0.6 is 0 Å². The van der Waals surface area contributed by atoms with Crippen LogP contribution in [-0.4, -0.2) is 52.5 Å². The number of carbonyl (C=O) groups excluding carboxylic acids is 2. The Morgan fingerprint density at radius 1 is 1.12 bits per heavy atom. The first kappa shape index (κ1) is 13.9. The van der Waals surface area contributed by atoms with E-state index in [1.165, 1.54) is 9.80 Å². The summed E-state index contributed by atoms with van der Waals surface area (Å²) in [5.74, 6) is -0.208. The lowest BCUT2D eigenvalue weighted by Gasteiger charge is -2.29. The van der Waals surface area contributed by atoms with Crippen LogP contribution in [0.3, 0.4) is 0 Å². The monoisotopic (exact) mass is 242 g/mol. The van der Waals surface area contributed by atoms with Gasteiger partial charge in [0.2, 0.25) is 0 Å². The van der Waals surface area contributed by atoms with Gasteiger partial charge in [0.15, 0.2) is 0 Å². The van der Waals surface area contributed by atoms with E-state index in [0.29, 0.717) is 6.54 Å². The predicted molar refractivity (Wildman–Crippen MR) is 65.2 cm³/mol. The third kappa shape index (κ3) is 2.58. The fourth-order valence-electron chi connectivity index (χ4n) is 1.96. The molecule has 0 aromatic heterocycles. The molecule has 2 unspecified atom stereocenters. The Morgan fingerprint density at radius 3 is 2.00 bits per heavy atom. The second-order valence-corrected chi connectivity index (χ2v) is 5.32. The van der Waals surface area contributed by atoms with Gasteiger partial charge in [-0.2, -0.15) is 0 Å². The number of hydrogen-bond donors (Lipinski definition) is 2. The Hall–Kier alpha value is -1.14. The van der Waals surface area contributed by atoms with Gasteiger partial charge in [-0.25, -0.2) is 4.79 Å².